The van der Waals surface area contributed by atoms with Gasteiger partial charge in [-0.1, -0.05) is 12.1 Å². The Balaban J connectivity index is 1.48. The minimum absolute atomic E-state index is 0.0161. The number of piperazine rings is 1. The zero-order chi connectivity index (χ0) is 18.5. The molecule has 0 bridgehead atoms. The summed E-state index contributed by atoms with van der Waals surface area (Å²) in [5.41, 5.74) is 1.98. The van der Waals surface area contributed by atoms with Gasteiger partial charge in [-0.2, -0.15) is 0 Å². The summed E-state index contributed by atoms with van der Waals surface area (Å²) in [4.78, 5) is 16.0. The zero-order valence-electron chi connectivity index (χ0n) is 14.9. The summed E-state index contributed by atoms with van der Waals surface area (Å²) < 4.78 is 12.9. The first-order chi connectivity index (χ1) is 12.5. The third-order valence-electron chi connectivity index (χ3n) is 5.01. The molecule has 0 aromatic heterocycles. The van der Waals surface area contributed by atoms with Gasteiger partial charge in [0.25, 0.3) is 5.91 Å². The Kier molecular flexibility index (Phi) is 5.73. The van der Waals surface area contributed by atoms with E-state index in [1.54, 1.807) is 24.3 Å². The van der Waals surface area contributed by atoms with Crippen molar-refractivity contribution >= 4 is 11.6 Å². The number of quaternary nitrogens is 1. The van der Waals surface area contributed by atoms with E-state index in [1.807, 2.05) is 19.1 Å². The average Bonchev–Trinajstić information content (AvgIpc) is 2.67. The lowest BCUT2D eigenvalue weighted by atomic mass is 10.1. The fourth-order valence-electron chi connectivity index (χ4n) is 3.28. The topological polar surface area (TPSA) is 57.0 Å². The van der Waals surface area contributed by atoms with Gasteiger partial charge < -0.3 is 20.2 Å². The van der Waals surface area contributed by atoms with Crippen molar-refractivity contribution in [2.75, 3.05) is 31.1 Å². The van der Waals surface area contributed by atoms with Crippen molar-refractivity contribution in [2.24, 2.45) is 0 Å². The molecule has 1 aliphatic rings. The SMILES string of the molecule is C[C@@H](C(=O)NCc1ccc(F)cc1)[NH+]1CCN(c2ccc(O)cc2)CC1. The number of carbonyl (C=O) groups excluding carboxylic acids is 1. The number of carbonyl (C=O) groups is 1. The maximum Gasteiger partial charge on any atom is 0.278 e. The summed E-state index contributed by atoms with van der Waals surface area (Å²) in [6.45, 7) is 5.87. The number of benzene rings is 2. The van der Waals surface area contributed by atoms with E-state index in [0.717, 1.165) is 37.4 Å². The van der Waals surface area contributed by atoms with Crippen molar-refractivity contribution in [3.05, 3.63) is 59.9 Å². The molecule has 1 saturated heterocycles. The van der Waals surface area contributed by atoms with Crippen molar-refractivity contribution < 1.29 is 19.2 Å². The highest BCUT2D eigenvalue weighted by Gasteiger charge is 2.29. The molecule has 0 saturated carbocycles. The summed E-state index contributed by atoms with van der Waals surface area (Å²) in [5.74, 6) is 0.0104. The molecule has 2 aromatic rings. The van der Waals surface area contributed by atoms with E-state index < -0.39 is 0 Å². The van der Waals surface area contributed by atoms with Crippen LogP contribution in [0.4, 0.5) is 10.1 Å². The third kappa shape index (κ3) is 4.52. The molecule has 0 radical (unpaired) electrons. The number of hydrogen-bond acceptors (Lipinski definition) is 3. The molecule has 1 atom stereocenters. The quantitative estimate of drug-likeness (QED) is 0.746. The van der Waals surface area contributed by atoms with Gasteiger partial charge in [-0.3, -0.25) is 4.79 Å². The standard InChI is InChI=1S/C20H24FN3O2/c1-15(20(26)22-14-16-2-4-17(21)5-3-16)23-10-12-24(13-11-23)18-6-8-19(25)9-7-18/h2-9,15,25H,10-14H2,1H3,(H,22,26)/p+1/t15-/m0/s1. The van der Waals surface area contributed by atoms with Crippen LogP contribution in [0.5, 0.6) is 5.75 Å². The molecule has 1 amide bonds. The lowest BCUT2D eigenvalue weighted by Crippen LogP contribution is -3.19. The maximum atomic E-state index is 12.9. The number of phenolic OH excluding ortho intramolecular Hbond substituents is 1. The molecule has 0 spiro atoms. The van der Waals surface area contributed by atoms with E-state index in [1.165, 1.54) is 17.0 Å². The van der Waals surface area contributed by atoms with Crippen LogP contribution in [0.3, 0.4) is 0 Å². The lowest BCUT2D eigenvalue weighted by molar-refractivity contribution is -0.914. The predicted octanol–water partition coefficient (Wildman–Crippen LogP) is 0.941. The van der Waals surface area contributed by atoms with Gasteiger partial charge in [-0.15, -0.1) is 0 Å². The molecule has 1 fully saturated rings. The van der Waals surface area contributed by atoms with E-state index in [9.17, 15) is 14.3 Å². The monoisotopic (exact) mass is 358 g/mol. The fourth-order valence-corrected chi connectivity index (χ4v) is 3.28. The molecule has 26 heavy (non-hydrogen) atoms. The van der Waals surface area contributed by atoms with Crippen molar-refractivity contribution in [3.63, 3.8) is 0 Å². The van der Waals surface area contributed by atoms with Crippen molar-refractivity contribution in [2.45, 2.75) is 19.5 Å². The van der Waals surface area contributed by atoms with Crippen LogP contribution in [0, 0.1) is 5.82 Å². The molecule has 1 aliphatic heterocycles. The van der Waals surface area contributed by atoms with Gasteiger partial charge in [0.15, 0.2) is 6.04 Å². The number of aromatic hydroxyl groups is 1. The number of nitrogens with one attached hydrogen (secondary N) is 2. The van der Waals surface area contributed by atoms with Crippen LogP contribution in [0.25, 0.3) is 0 Å². The van der Waals surface area contributed by atoms with Gasteiger partial charge in [-0.25, -0.2) is 4.39 Å². The van der Waals surface area contributed by atoms with E-state index in [4.69, 9.17) is 0 Å². The highest BCUT2D eigenvalue weighted by atomic mass is 19.1. The van der Waals surface area contributed by atoms with Gasteiger partial charge in [0.05, 0.1) is 26.2 Å². The van der Waals surface area contributed by atoms with E-state index in [0.29, 0.717) is 6.54 Å². The van der Waals surface area contributed by atoms with Gasteiger partial charge in [-0.05, 0) is 48.9 Å². The second-order valence-corrected chi connectivity index (χ2v) is 6.73. The van der Waals surface area contributed by atoms with E-state index in [-0.39, 0.29) is 23.5 Å². The maximum absolute atomic E-state index is 12.9. The van der Waals surface area contributed by atoms with Crippen LogP contribution in [0.1, 0.15) is 12.5 Å². The van der Waals surface area contributed by atoms with Crippen molar-refractivity contribution in [1.29, 1.82) is 0 Å². The molecule has 138 valence electrons. The largest absolute Gasteiger partial charge is 0.508 e. The second kappa shape index (κ2) is 8.19. The van der Waals surface area contributed by atoms with Crippen LogP contribution in [0.15, 0.2) is 48.5 Å². The number of anilines is 1. The number of amides is 1. The molecule has 2 aromatic carbocycles. The summed E-state index contributed by atoms with van der Waals surface area (Å²) in [7, 11) is 0. The Morgan fingerprint density at radius 1 is 1.15 bits per heavy atom. The Morgan fingerprint density at radius 3 is 2.38 bits per heavy atom. The molecular formula is C20H25FN3O2+. The number of nitrogens with zero attached hydrogens (tertiary/aromatic N) is 1. The number of rotatable bonds is 5. The average molecular weight is 358 g/mol. The summed E-state index contributed by atoms with van der Waals surface area (Å²) >= 11 is 0. The molecular weight excluding hydrogens is 333 g/mol. The first-order valence-corrected chi connectivity index (χ1v) is 8.93. The number of hydrogen-bond donors (Lipinski definition) is 3. The minimum Gasteiger partial charge on any atom is -0.508 e. The molecule has 5 nitrogen and oxygen atoms in total. The summed E-state index contributed by atoms with van der Waals surface area (Å²) in [6.07, 6.45) is 0. The third-order valence-corrected chi connectivity index (χ3v) is 5.01. The summed E-state index contributed by atoms with van der Waals surface area (Å²) in [5, 5.41) is 12.3. The highest BCUT2D eigenvalue weighted by Crippen LogP contribution is 2.18. The predicted molar refractivity (Wildman–Crippen MR) is 98.7 cm³/mol. The Morgan fingerprint density at radius 2 is 1.77 bits per heavy atom. The van der Waals surface area contributed by atoms with Crippen molar-refractivity contribution in [3.8, 4) is 5.75 Å². The normalized spacial score (nSPS) is 16.3. The fraction of sp³-hybridized carbons (Fsp3) is 0.350. The molecule has 3 N–H and O–H groups in total. The second-order valence-electron chi connectivity index (χ2n) is 6.73. The van der Waals surface area contributed by atoms with Crippen LogP contribution in [-0.4, -0.2) is 43.2 Å². The molecule has 1 heterocycles. The van der Waals surface area contributed by atoms with Crippen molar-refractivity contribution in [1.82, 2.24) is 5.32 Å². The van der Waals surface area contributed by atoms with Gasteiger partial charge in [0.1, 0.15) is 11.6 Å². The molecule has 6 heteroatoms. The van der Waals surface area contributed by atoms with Crippen LogP contribution in [0.2, 0.25) is 0 Å². The molecule has 0 aliphatic carbocycles. The Bertz CT molecular complexity index is 726. The zero-order valence-corrected chi connectivity index (χ0v) is 14.9. The Hall–Kier alpha value is -2.60. The van der Waals surface area contributed by atoms with Gasteiger partial charge in [0.2, 0.25) is 0 Å². The van der Waals surface area contributed by atoms with E-state index >= 15 is 0 Å². The molecule has 0 unspecified atom stereocenters. The minimum atomic E-state index is -0.274. The highest BCUT2D eigenvalue weighted by molar-refractivity contribution is 5.79. The Labute approximate surface area is 153 Å². The number of halogens is 1. The first kappa shape index (κ1) is 18.2. The lowest BCUT2D eigenvalue weighted by Gasteiger charge is -2.36. The molecule has 3 rings (SSSR count). The van der Waals surface area contributed by atoms with Gasteiger partial charge >= 0.3 is 0 Å². The number of phenols is 1. The van der Waals surface area contributed by atoms with Crippen LogP contribution >= 0.6 is 0 Å². The summed E-state index contributed by atoms with van der Waals surface area (Å²) in [6, 6.07) is 13.3. The van der Waals surface area contributed by atoms with Crippen LogP contribution < -0.4 is 15.1 Å². The van der Waals surface area contributed by atoms with Gasteiger partial charge in [0, 0.05) is 12.2 Å². The van der Waals surface area contributed by atoms with E-state index in [2.05, 4.69) is 10.2 Å². The smallest absolute Gasteiger partial charge is 0.278 e. The first-order valence-electron chi connectivity index (χ1n) is 8.93. The van der Waals surface area contributed by atoms with Crippen LogP contribution in [-0.2, 0) is 11.3 Å².